The van der Waals surface area contributed by atoms with E-state index in [9.17, 15) is 0 Å². The van der Waals surface area contributed by atoms with Gasteiger partial charge in [0.15, 0.2) is 0 Å². The molecule has 0 spiro atoms. The number of hydrogen-bond donors (Lipinski definition) is 1. The summed E-state index contributed by atoms with van der Waals surface area (Å²) in [6, 6.07) is 10.1. The first kappa shape index (κ1) is 14.4. The fraction of sp³-hybridized carbons (Fsp3) is 0.647. The second kappa shape index (κ2) is 5.54. The van der Waals surface area contributed by atoms with E-state index in [1.54, 1.807) is 0 Å². The molecular weight excluding hydrogens is 232 g/mol. The molecular formula is C17H28N2. The number of hydrogen-bond acceptors (Lipinski definition) is 2. The van der Waals surface area contributed by atoms with E-state index in [1.807, 2.05) is 0 Å². The minimum absolute atomic E-state index is 0.208. The van der Waals surface area contributed by atoms with Crippen LogP contribution in [-0.4, -0.2) is 25.2 Å². The summed E-state index contributed by atoms with van der Waals surface area (Å²) in [5.41, 5.74) is 3.09. The van der Waals surface area contributed by atoms with Gasteiger partial charge in [0, 0.05) is 30.9 Å². The summed E-state index contributed by atoms with van der Waals surface area (Å²) in [4.78, 5) is 2.54. The largest absolute Gasteiger partial charge is 0.370 e. The lowest BCUT2D eigenvalue weighted by molar-refractivity contribution is 0.491. The van der Waals surface area contributed by atoms with Crippen LogP contribution in [0.3, 0.4) is 0 Å². The van der Waals surface area contributed by atoms with Gasteiger partial charge in [-0.05, 0) is 23.5 Å². The Morgan fingerprint density at radius 3 is 2.53 bits per heavy atom. The Labute approximate surface area is 118 Å². The molecule has 2 nitrogen and oxygen atoms in total. The van der Waals surface area contributed by atoms with E-state index in [0.29, 0.717) is 12.1 Å². The third-order valence-electron chi connectivity index (χ3n) is 3.81. The van der Waals surface area contributed by atoms with Gasteiger partial charge in [0.25, 0.3) is 0 Å². The van der Waals surface area contributed by atoms with Gasteiger partial charge in [-0.15, -0.1) is 0 Å². The first-order valence-electron chi connectivity index (χ1n) is 7.48. The van der Waals surface area contributed by atoms with Crippen molar-refractivity contribution in [1.29, 1.82) is 0 Å². The summed E-state index contributed by atoms with van der Waals surface area (Å²) in [7, 11) is 0. The van der Waals surface area contributed by atoms with Gasteiger partial charge in [0.2, 0.25) is 0 Å². The van der Waals surface area contributed by atoms with Crippen molar-refractivity contribution in [1.82, 2.24) is 5.32 Å². The van der Waals surface area contributed by atoms with Crippen molar-refractivity contribution in [2.45, 2.75) is 58.5 Å². The SMILES string of the molecule is CC(C)NC1CCN(c2ccccc2C(C)(C)C)C1. The lowest BCUT2D eigenvalue weighted by Crippen LogP contribution is -2.37. The average molecular weight is 260 g/mol. The fourth-order valence-corrected chi connectivity index (χ4v) is 2.97. The quantitative estimate of drug-likeness (QED) is 0.894. The van der Waals surface area contributed by atoms with Crippen LogP contribution in [0.15, 0.2) is 24.3 Å². The van der Waals surface area contributed by atoms with Gasteiger partial charge < -0.3 is 10.2 Å². The van der Waals surface area contributed by atoms with E-state index >= 15 is 0 Å². The minimum Gasteiger partial charge on any atom is -0.370 e. The lowest BCUT2D eigenvalue weighted by atomic mass is 9.85. The molecule has 1 aliphatic heterocycles. The van der Waals surface area contributed by atoms with Crippen LogP contribution < -0.4 is 10.2 Å². The molecule has 0 saturated carbocycles. The van der Waals surface area contributed by atoms with Crippen molar-refractivity contribution in [3.63, 3.8) is 0 Å². The van der Waals surface area contributed by atoms with Crippen molar-refractivity contribution < 1.29 is 0 Å². The molecule has 1 aromatic rings. The molecule has 1 heterocycles. The van der Waals surface area contributed by atoms with Crippen molar-refractivity contribution >= 4 is 5.69 Å². The minimum atomic E-state index is 0.208. The highest BCUT2D eigenvalue weighted by atomic mass is 15.2. The molecule has 0 aliphatic carbocycles. The number of para-hydroxylation sites is 1. The maximum Gasteiger partial charge on any atom is 0.0404 e. The van der Waals surface area contributed by atoms with Crippen molar-refractivity contribution in [2.24, 2.45) is 0 Å². The first-order valence-corrected chi connectivity index (χ1v) is 7.48. The summed E-state index contributed by atoms with van der Waals surface area (Å²) < 4.78 is 0. The van der Waals surface area contributed by atoms with Crippen LogP contribution in [0.5, 0.6) is 0 Å². The summed E-state index contributed by atoms with van der Waals surface area (Å²) in [6.45, 7) is 13.6. The van der Waals surface area contributed by atoms with E-state index in [0.717, 1.165) is 13.1 Å². The van der Waals surface area contributed by atoms with Gasteiger partial charge in [0.05, 0.1) is 0 Å². The Balaban J connectivity index is 2.16. The maximum atomic E-state index is 3.66. The molecule has 2 rings (SSSR count). The van der Waals surface area contributed by atoms with Crippen LogP contribution in [0.1, 0.15) is 46.6 Å². The number of rotatable bonds is 3. The molecule has 1 unspecified atom stereocenters. The average Bonchev–Trinajstić information content (AvgIpc) is 2.75. The Bertz CT molecular complexity index is 418. The normalized spacial score (nSPS) is 20.3. The van der Waals surface area contributed by atoms with Crippen LogP contribution in [0.2, 0.25) is 0 Å². The number of anilines is 1. The fourth-order valence-electron chi connectivity index (χ4n) is 2.97. The summed E-state index contributed by atoms with van der Waals surface area (Å²) in [5.74, 6) is 0. The molecule has 106 valence electrons. The highest BCUT2D eigenvalue weighted by Gasteiger charge is 2.27. The molecule has 1 saturated heterocycles. The summed E-state index contributed by atoms with van der Waals surface area (Å²) >= 11 is 0. The number of nitrogens with zero attached hydrogens (tertiary/aromatic N) is 1. The molecule has 19 heavy (non-hydrogen) atoms. The van der Waals surface area contributed by atoms with E-state index in [1.165, 1.54) is 17.7 Å². The third-order valence-corrected chi connectivity index (χ3v) is 3.81. The molecule has 1 atom stereocenters. The zero-order valence-electron chi connectivity index (χ0n) is 13.0. The third kappa shape index (κ3) is 3.50. The van der Waals surface area contributed by atoms with Crippen LogP contribution in [0.25, 0.3) is 0 Å². The molecule has 1 fully saturated rings. The second-order valence-corrected chi connectivity index (χ2v) is 7.02. The zero-order chi connectivity index (χ0) is 14.0. The Morgan fingerprint density at radius 1 is 1.21 bits per heavy atom. The second-order valence-electron chi connectivity index (χ2n) is 7.02. The number of nitrogens with one attached hydrogen (secondary N) is 1. The molecule has 2 heteroatoms. The van der Waals surface area contributed by atoms with Gasteiger partial charge >= 0.3 is 0 Å². The van der Waals surface area contributed by atoms with E-state index in [-0.39, 0.29) is 5.41 Å². The van der Waals surface area contributed by atoms with Gasteiger partial charge in [-0.1, -0.05) is 52.8 Å². The monoisotopic (exact) mass is 260 g/mol. The predicted octanol–water partition coefficient (Wildman–Crippen LogP) is 3.56. The smallest absolute Gasteiger partial charge is 0.0404 e. The molecule has 1 N–H and O–H groups in total. The molecule has 1 aromatic carbocycles. The standard InChI is InChI=1S/C17H28N2/c1-13(2)18-14-10-11-19(12-14)16-9-7-6-8-15(16)17(3,4)5/h6-9,13-14,18H,10-12H2,1-5H3. The Morgan fingerprint density at radius 2 is 1.89 bits per heavy atom. The number of benzene rings is 1. The zero-order valence-corrected chi connectivity index (χ0v) is 13.0. The summed E-state index contributed by atoms with van der Waals surface area (Å²) in [6.07, 6.45) is 1.25. The van der Waals surface area contributed by atoms with Crippen LogP contribution in [0, 0.1) is 0 Å². The van der Waals surface area contributed by atoms with Crippen molar-refractivity contribution in [3.8, 4) is 0 Å². The highest BCUT2D eigenvalue weighted by molar-refractivity contribution is 5.57. The predicted molar refractivity (Wildman–Crippen MR) is 84.0 cm³/mol. The molecule has 0 radical (unpaired) electrons. The maximum absolute atomic E-state index is 3.66. The molecule has 1 aliphatic rings. The molecule has 0 amide bonds. The Hall–Kier alpha value is -1.02. The molecule has 0 bridgehead atoms. The topological polar surface area (TPSA) is 15.3 Å². The Kier molecular flexibility index (Phi) is 4.19. The van der Waals surface area contributed by atoms with Crippen LogP contribution in [0.4, 0.5) is 5.69 Å². The van der Waals surface area contributed by atoms with Gasteiger partial charge in [-0.25, -0.2) is 0 Å². The summed E-state index contributed by atoms with van der Waals surface area (Å²) in [5, 5.41) is 3.66. The van der Waals surface area contributed by atoms with Gasteiger partial charge in [-0.3, -0.25) is 0 Å². The first-order chi connectivity index (χ1) is 8.88. The van der Waals surface area contributed by atoms with E-state index in [2.05, 4.69) is 69.1 Å². The van der Waals surface area contributed by atoms with Crippen LogP contribution in [-0.2, 0) is 5.41 Å². The lowest BCUT2D eigenvalue weighted by Gasteiger charge is -2.29. The van der Waals surface area contributed by atoms with Gasteiger partial charge in [-0.2, -0.15) is 0 Å². The van der Waals surface area contributed by atoms with E-state index in [4.69, 9.17) is 0 Å². The van der Waals surface area contributed by atoms with Crippen molar-refractivity contribution in [2.75, 3.05) is 18.0 Å². The van der Waals surface area contributed by atoms with E-state index < -0.39 is 0 Å². The molecule has 0 aromatic heterocycles. The highest BCUT2D eigenvalue weighted by Crippen LogP contribution is 2.33. The van der Waals surface area contributed by atoms with Gasteiger partial charge in [0.1, 0.15) is 0 Å². The van der Waals surface area contributed by atoms with Crippen molar-refractivity contribution in [3.05, 3.63) is 29.8 Å². The van der Waals surface area contributed by atoms with Crippen LogP contribution >= 0.6 is 0 Å².